The number of carbonyl (C=O) groups excluding carboxylic acids is 1. The molecule has 0 aromatic rings. The Bertz CT molecular complexity index is 290. The molecule has 2 aliphatic rings. The van der Waals surface area contributed by atoms with Gasteiger partial charge in [-0.2, -0.15) is 0 Å². The Morgan fingerprint density at radius 1 is 1.50 bits per heavy atom. The lowest BCUT2D eigenvalue weighted by molar-refractivity contribution is -0.147. The highest BCUT2D eigenvalue weighted by Gasteiger charge is 2.38. The number of aliphatic hydroxyl groups excluding tert-OH is 1. The Labute approximate surface area is 95.9 Å². The molecule has 1 fully saturated rings. The zero-order valence-electron chi connectivity index (χ0n) is 9.63. The maximum atomic E-state index is 11.6. The predicted octanol–water partition coefficient (Wildman–Crippen LogP) is 0.561. The lowest BCUT2D eigenvalue weighted by Gasteiger charge is -2.34. The number of nitrogens with zero attached hydrogens (tertiary/aromatic N) is 1. The van der Waals surface area contributed by atoms with Crippen molar-refractivity contribution in [1.29, 1.82) is 0 Å². The van der Waals surface area contributed by atoms with Gasteiger partial charge >= 0.3 is 5.97 Å². The van der Waals surface area contributed by atoms with Gasteiger partial charge in [-0.25, -0.2) is 0 Å². The van der Waals surface area contributed by atoms with E-state index in [4.69, 9.17) is 4.74 Å². The molecule has 1 aliphatic heterocycles. The van der Waals surface area contributed by atoms with Gasteiger partial charge in [0.1, 0.15) is 0 Å². The maximum Gasteiger partial charge on any atom is 0.310 e. The van der Waals surface area contributed by atoms with E-state index >= 15 is 0 Å². The first kappa shape index (κ1) is 11.6. The SMILES string of the molecule is COC(=O)C1CCCC1N1CC=CC(O)C1. The molecule has 90 valence electrons. The number of aliphatic hydroxyl groups is 1. The van der Waals surface area contributed by atoms with Gasteiger partial charge in [0.25, 0.3) is 0 Å². The molecule has 0 bridgehead atoms. The lowest BCUT2D eigenvalue weighted by atomic mass is 10.0. The summed E-state index contributed by atoms with van der Waals surface area (Å²) in [6.45, 7) is 1.46. The third-order valence-electron chi connectivity index (χ3n) is 3.57. The molecule has 3 atom stereocenters. The van der Waals surface area contributed by atoms with Crippen molar-refractivity contribution in [2.45, 2.75) is 31.4 Å². The van der Waals surface area contributed by atoms with Gasteiger partial charge < -0.3 is 9.84 Å². The molecule has 0 saturated heterocycles. The van der Waals surface area contributed by atoms with Gasteiger partial charge in [-0.05, 0) is 12.8 Å². The Morgan fingerprint density at radius 3 is 3.00 bits per heavy atom. The highest BCUT2D eigenvalue weighted by molar-refractivity contribution is 5.73. The number of ether oxygens (including phenoxy) is 1. The molecular weight excluding hydrogens is 206 g/mol. The largest absolute Gasteiger partial charge is 0.469 e. The number of rotatable bonds is 2. The maximum absolute atomic E-state index is 11.6. The lowest BCUT2D eigenvalue weighted by Crippen LogP contribution is -2.46. The van der Waals surface area contributed by atoms with Gasteiger partial charge in [0.2, 0.25) is 0 Å². The molecule has 0 radical (unpaired) electrons. The topological polar surface area (TPSA) is 49.8 Å². The fourth-order valence-electron chi connectivity index (χ4n) is 2.80. The van der Waals surface area contributed by atoms with Crippen molar-refractivity contribution in [2.75, 3.05) is 20.2 Å². The second kappa shape index (κ2) is 4.97. The van der Waals surface area contributed by atoms with Crippen LogP contribution in [0.1, 0.15) is 19.3 Å². The van der Waals surface area contributed by atoms with Crippen molar-refractivity contribution in [2.24, 2.45) is 5.92 Å². The van der Waals surface area contributed by atoms with Crippen molar-refractivity contribution in [1.82, 2.24) is 4.90 Å². The minimum absolute atomic E-state index is 0.0105. The molecule has 4 nitrogen and oxygen atoms in total. The van der Waals surface area contributed by atoms with Crippen LogP contribution in [0.5, 0.6) is 0 Å². The Kier molecular flexibility index (Phi) is 3.61. The molecular formula is C12H19NO3. The molecule has 4 heteroatoms. The summed E-state index contributed by atoms with van der Waals surface area (Å²) >= 11 is 0. The smallest absolute Gasteiger partial charge is 0.310 e. The minimum Gasteiger partial charge on any atom is -0.469 e. The standard InChI is InChI=1S/C12H19NO3/c1-16-12(15)10-5-2-6-11(10)13-7-3-4-9(14)8-13/h3-4,9-11,14H,2,5-8H2,1H3. The summed E-state index contributed by atoms with van der Waals surface area (Å²) in [5, 5.41) is 9.58. The Balaban J connectivity index is 2.02. The summed E-state index contributed by atoms with van der Waals surface area (Å²) in [6, 6.07) is 0.243. The van der Waals surface area contributed by atoms with E-state index in [2.05, 4.69) is 4.90 Å². The van der Waals surface area contributed by atoms with Crippen LogP contribution in [-0.4, -0.2) is 48.3 Å². The van der Waals surface area contributed by atoms with E-state index < -0.39 is 6.10 Å². The number of methoxy groups -OCH3 is 1. The summed E-state index contributed by atoms with van der Waals surface area (Å²) in [5.74, 6) is -0.116. The van der Waals surface area contributed by atoms with Gasteiger partial charge in [-0.1, -0.05) is 18.6 Å². The van der Waals surface area contributed by atoms with Crippen LogP contribution in [-0.2, 0) is 9.53 Å². The molecule has 16 heavy (non-hydrogen) atoms. The molecule has 3 unspecified atom stereocenters. The van der Waals surface area contributed by atoms with Crippen LogP contribution < -0.4 is 0 Å². The number of hydrogen-bond donors (Lipinski definition) is 1. The van der Waals surface area contributed by atoms with Crippen LogP contribution in [0.25, 0.3) is 0 Å². The molecule has 0 spiro atoms. The first-order chi connectivity index (χ1) is 7.72. The predicted molar refractivity (Wildman–Crippen MR) is 59.9 cm³/mol. The van der Waals surface area contributed by atoms with Crippen molar-refractivity contribution < 1.29 is 14.6 Å². The molecule has 0 amide bonds. The molecule has 0 aromatic heterocycles. The Hall–Kier alpha value is -0.870. The van der Waals surface area contributed by atoms with Gasteiger partial charge in [0, 0.05) is 19.1 Å². The molecule has 2 rings (SSSR count). The van der Waals surface area contributed by atoms with E-state index in [1.54, 1.807) is 0 Å². The summed E-state index contributed by atoms with van der Waals surface area (Å²) in [4.78, 5) is 13.8. The second-order valence-corrected chi connectivity index (χ2v) is 4.58. The highest BCUT2D eigenvalue weighted by Crippen LogP contribution is 2.31. The molecule has 1 N–H and O–H groups in total. The van der Waals surface area contributed by atoms with E-state index in [9.17, 15) is 9.90 Å². The summed E-state index contributed by atoms with van der Waals surface area (Å²) in [5.41, 5.74) is 0. The van der Waals surface area contributed by atoms with Gasteiger partial charge in [0.15, 0.2) is 0 Å². The minimum atomic E-state index is -0.396. The fraction of sp³-hybridized carbons (Fsp3) is 0.750. The van der Waals surface area contributed by atoms with Crippen LogP contribution in [0, 0.1) is 5.92 Å². The van der Waals surface area contributed by atoms with Gasteiger partial charge in [0.05, 0.1) is 19.1 Å². The summed E-state index contributed by atoms with van der Waals surface area (Å²) in [7, 11) is 1.45. The van der Waals surface area contributed by atoms with Crippen molar-refractivity contribution in [3.8, 4) is 0 Å². The van der Waals surface area contributed by atoms with E-state index in [1.165, 1.54) is 7.11 Å². The van der Waals surface area contributed by atoms with Crippen LogP contribution in [0.3, 0.4) is 0 Å². The van der Waals surface area contributed by atoms with E-state index in [0.717, 1.165) is 25.8 Å². The van der Waals surface area contributed by atoms with Crippen molar-refractivity contribution in [3.63, 3.8) is 0 Å². The molecule has 1 heterocycles. The Morgan fingerprint density at radius 2 is 2.31 bits per heavy atom. The first-order valence-corrected chi connectivity index (χ1v) is 5.89. The molecule has 0 aromatic carbocycles. The van der Waals surface area contributed by atoms with E-state index in [1.807, 2.05) is 12.2 Å². The highest BCUT2D eigenvalue weighted by atomic mass is 16.5. The first-order valence-electron chi connectivity index (χ1n) is 5.89. The van der Waals surface area contributed by atoms with Crippen molar-refractivity contribution >= 4 is 5.97 Å². The number of β-amino-alcohol motifs (C(OH)–C–C–N with tert-alkyl or cyclic N) is 1. The zero-order chi connectivity index (χ0) is 11.5. The number of esters is 1. The number of carbonyl (C=O) groups is 1. The zero-order valence-corrected chi connectivity index (χ0v) is 9.63. The fourth-order valence-corrected chi connectivity index (χ4v) is 2.80. The van der Waals surface area contributed by atoms with Gasteiger partial charge in [-0.3, -0.25) is 9.69 Å². The molecule has 1 aliphatic carbocycles. The van der Waals surface area contributed by atoms with Crippen LogP contribution >= 0.6 is 0 Å². The number of hydrogen-bond acceptors (Lipinski definition) is 4. The summed E-state index contributed by atoms with van der Waals surface area (Å²) < 4.78 is 4.84. The average molecular weight is 225 g/mol. The van der Waals surface area contributed by atoms with E-state index in [0.29, 0.717) is 6.54 Å². The second-order valence-electron chi connectivity index (χ2n) is 4.58. The monoisotopic (exact) mass is 225 g/mol. The van der Waals surface area contributed by atoms with Crippen LogP contribution in [0.4, 0.5) is 0 Å². The quantitative estimate of drug-likeness (QED) is 0.551. The molecule has 1 saturated carbocycles. The third kappa shape index (κ3) is 2.28. The normalized spacial score (nSPS) is 35.2. The third-order valence-corrected chi connectivity index (χ3v) is 3.57. The summed E-state index contributed by atoms with van der Waals surface area (Å²) in [6.07, 6.45) is 6.40. The van der Waals surface area contributed by atoms with Crippen LogP contribution in [0.2, 0.25) is 0 Å². The van der Waals surface area contributed by atoms with Crippen molar-refractivity contribution in [3.05, 3.63) is 12.2 Å². The van der Waals surface area contributed by atoms with E-state index in [-0.39, 0.29) is 17.9 Å². The van der Waals surface area contributed by atoms with Gasteiger partial charge in [-0.15, -0.1) is 0 Å². The average Bonchev–Trinajstić information content (AvgIpc) is 2.77. The van der Waals surface area contributed by atoms with Crippen LogP contribution in [0.15, 0.2) is 12.2 Å².